The van der Waals surface area contributed by atoms with E-state index in [2.05, 4.69) is 4.98 Å². The number of benzene rings is 1. The zero-order valence-electron chi connectivity index (χ0n) is 15.2. The second kappa shape index (κ2) is 6.53. The van der Waals surface area contributed by atoms with Crippen LogP contribution in [0.15, 0.2) is 21.7 Å². The van der Waals surface area contributed by atoms with Gasteiger partial charge in [-0.3, -0.25) is 13.9 Å². The first-order valence-corrected chi connectivity index (χ1v) is 8.21. The van der Waals surface area contributed by atoms with E-state index < -0.39 is 11.2 Å². The average Bonchev–Trinajstić information content (AvgIpc) is 2.96. The summed E-state index contributed by atoms with van der Waals surface area (Å²) in [4.78, 5) is 28.9. The number of methoxy groups -OCH3 is 2. The maximum Gasteiger partial charge on any atom is 0.332 e. The Morgan fingerprint density at radius 1 is 1.08 bits per heavy atom. The van der Waals surface area contributed by atoms with E-state index in [9.17, 15) is 9.59 Å². The lowest BCUT2D eigenvalue weighted by atomic mass is 10.1. The van der Waals surface area contributed by atoms with Gasteiger partial charge in [-0.2, -0.15) is 4.98 Å². The molecule has 0 atom stereocenters. The van der Waals surface area contributed by atoms with Crippen LogP contribution in [0.3, 0.4) is 0 Å². The molecule has 0 bridgehead atoms. The summed E-state index contributed by atoms with van der Waals surface area (Å²) in [5, 5.41) is 0.132. The van der Waals surface area contributed by atoms with Gasteiger partial charge in [0.25, 0.3) is 5.56 Å². The maximum absolute atomic E-state index is 12.6. The van der Waals surface area contributed by atoms with Gasteiger partial charge in [-0.05, 0) is 41.8 Å². The lowest BCUT2D eigenvalue weighted by molar-refractivity contribution is 0.354. The van der Waals surface area contributed by atoms with E-state index in [4.69, 9.17) is 21.1 Å². The van der Waals surface area contributed by atoms with E-state index in [0.717, 1.165) is 15.7 Å². The number of hydrogen-bond acceptors (Lipinski definition) is 5. The van der Waals surface area contributed by atoms with Crippen LogP contribution >= 0.6 is 11.6 Å². The molecule has 138 valence electrons. The highest BCUT2D eigenvalue weighted by Gasteiger charge is 2.19. The van der Waals surface area contributed by atoms with E-state index in [-0.39, 0.29) is 16.4 Å². The fourth-order valence-electron chi connectivity index (χ4n) is 2.93. The molecule has 3 rings (SSSR count). The summed E-state index contributed by atoms with van der Waals surface area (Å²) in [6.45, 7) is 2.23. The third kappa shape index (κ3) is 2.66. The van der Waals surface area contributed by atoms with Gasteiger partial charge in [-0.25, -0.2) is 4.79 Å². The molecule has 0 aliphatic carbocycles. The van der Waals surface area contributed by atoms with Crippen molar-refractivity contribution in [1.29, 1.82) is 0 Å². The number of halogens is 1. The molecule has 0 aliphatic heterocycles. The van der Waals surface area contributed by atoms with Gasteiger partial charge in [0.05, 0.1) is 20.8 Å². The van der Waals surface area contributed by atoms with Gasteiger partial charge < -0.3 is 14.0 Å². The molecule has 2 aromatic heterocycles. The summed E-state index contributed by atoms with van der Waals surface area (Å²) < 4.78 is 14.6. The Morgan fingerprint density at radius 2 is 1.69 bits per heavy atom. The summed E-state index contributed by atoms with van der Waals surface area (Å²) in [6, 6.07) is 3.69. The van der Waals surface area contributed by atoms with E-state index in [1.54, 1.807) is 25.8 Å². The minimum Gasteiger partial charge on any atom is -0.493 e. The topological polar surface area (TPSA) is 80.3 Å². The van der Waals surface area contributed by atoms with Gasteiger partial charge >= 0.3 is 5.69 Å². The van der Waals surface area contributed by atoms with Crippen molar-refractivity contribution < 1.29 is 9.47 Å². The number of imidazole rings is 1. The summed E-state index contributed by atoms with van der Waals surface area (Å²) in [5.74, 6) is 1.20. The number of ether oxygens (including phenoxy) is 2. The predicted molar refractivity (Wildman–Crippen MR) is 98.6 cm³/mol. The van der Waals surface area contributed by atoms with Gasteiger partial charge in [-0.1, -0.05) is 0 Å². The fraction of sp³-hybridized carbons (Fsp3) is 0.353. The number of aryl methyl sites for hydroxylation is 2. The minimum atomic E-state index is -0.453. The van der Waals surface area contributed by atoms with Gasteiger partial charge in [0.1, 0.15) is 0 Å². The van der Waals surface area contributed by atoms with Crippen LogP contribution in [0.1, 0.15) is 11.1 Å². The third-order valence-corrected chi connectivity index (χ3v) is 4.76. The minimum absolute atomic E-state index is 0.132. The zero-order valence-corrected chi connectivity index (χ0v) is 15.9. The zero-order chi connectivity index (χ0) is 19.2. The summed E-state index contributed by atoms with van der Waals surface area (Å²) >= 11 is 6.28. The summed E-state index contributed by atoms with van der Waals surface area (Å²) in [7, 11) is 6.11. The lowest BCUT2D eigenvalue weighted by Crippen LogP contribution is -2.37. The molecule has 2 heterocycles. The number of fused-ring (bicyclic) bond motifs is 1. The molecule has 0 aliphatic rings. The largest absolute Gasteiger partial charge is 0.493 e. The monoisotopic (exact) mass is 378 g/mol. The molecule has 26 heavy (non-hydrogen) atoms. The van der Waals surface area contributed by atoms with Crippen LogP contribution in [-0.4, -0.2) is 32.9 Å². The van der Waals surface area contributed by atoms with Crippen molar-refractivity contribution in [3.63, 3.8) is 0 Å². The van der Waals surface area contributed by atoms with E-state index in [1.807, 2.05) is 19.1 Å². The second-order valence-corrected chi connectivity index (χ2v) is 6.32. The third-order valence-electron chi connectivity index (χ3n) is 4.47. The Hall–Kier alpha value is -2.74. The number of nitrogens with zero attached hydrogens (tertiary/aromatic N) is 4. The molecule has 0 amide bonds. The smallest absolute Gasteiger partial charge is 0.332 e. The Morgan fingerprint density at radius 3 is 2.31 bits per heavy atom. The van der Waals surface area contributed by atoms with Gasteiger partial charge in [0.2, 0.25) is 5.28 Å². The van der Waals surface area contributed by atoms with E-state index in [0.29, 0.717) is 18.0 Å². The Kier molecular flexibility index (Phi) is 4.53. The van der Waals surface area contributed by atoms with Gasteiger partial charge in [0.15, 0.2) is 22.7 Å². The van der Waals surface area contributed by atoms with Crippen molar-refractivity contribution in [2.24, 2.45) is 14.1 Å². The average molecular weight is 379 g/mol. The normalized spacial score (nSPS) is 11.2. The van der Waals surface area contributed by atoms with Crippen molar-refractivity contribution in [2.45, 2.75) is 13.5 Å². The first-order valence-electron chi connectivity index (χ1n) is 7.83. The standard InChI is InChI=1S/C17H19ClN4O4/c1-9-6-11(25-4)12(26-5)7-10(9)8-22-13-14(19-16(22)18)20(2)17(24)21(3)15(13)23/h6-7H,8H2,1-5H3. The predicted octanol–water partition coefficient (Wildman–Crippen LogP) is 1.46. The molecule has 3 aromatic rings. The molecule has 9 heteroatoms. The molecule has 0 unspecified atom stereocenters. The van der Waals surface area contributed by atoms with Crippen LogP contribution < -0.4 is 20.7 Å². The van der Waals surface area contributed by atoms with Crippen molar-refractivity contribution in [2.75, 3.05) is 14.2 Å². The molecule has 1 aromatic carbocycles. The van der Waals surface area contributed by atoms with Crippen LogP contribution in [0.25, 0.3) is 11.2 Å². The summed E-state index contributed by atoms with van der Waals surface area (Å²) in [6.07, 6.45) is 0. The van der Waals surface area contributed by atoms with Crippen LogP contribution in [0.5, 0.6) is 11.5 Å². The Bertz CT molecular complexity index is 1130. The van der Waals surface area contributed by atoms with Crippen molar-refractivity contribution in [3.05, 3.63) is 49.4 Å². The lowest BCUT2D eigenvalue weighted by Gasteiger charge is -2.14. The fourth-order valence-corrected chi connectivity index (χ4v) is 3.15. The van der Waals surface area contributed by atoms with Gasteiger partial charge in [0, 0.05) is 14.1 Å². The molecule has 0 fully saturated rings. The molecule has 0 saturated carbocycles. The molecule has 0 radical (unpaired) electrons. The van der Waals surface area contributed by atoms with Crippen LogP contribution in [-0.2, 0) is 20.6 Å². The van der Waals surface area contributed by atoms with E-state index >= 15 is 0 Å². The van der Waals surface area contributed by atoms with Crippen LogP contribution in [0, 0.1) is 6.92 Å². The first-order chi connectivity index (χ1) is 12.3. The highest BCUT2D eigenvalue weighted by molar-refractivity contribution is 6.29. The second-order valence-electron chi connectivity index (χ2n) is 5.98. The molecular weight excluding hydrogens is 360 g/mol. The van der Waals surface area contributed by atoms with Gasteiger partial charge in [-0.15, -0.1) is 0 Å². The Balaban J connectivity index is 2.24. The van der Waals surface area contributed by atoms with Crippen molar-refractivity contribution in [3.8, 4) is 11.5 Å². The maximum atomic E-state index is 12.6. The molecule has 0 N–H and O–H groups in total. The quantitative estimate of drug-likeness (QED) is 0.642. The highest BCUT2D eigenvalue weighted by atomic mass is 35.5. The van der Waals surface area contributed by atoms with Crippen molar-refractivity contribution >= 4 is 22.8 Å². The molecule has 0 spiro atoms. The highest BCUT2D eigenvalue weighted by Crippen LogP contribution is 2.31. The first kappa shape index (κ1) is 18.1. The van der Waals surface area contributed by atoms with Crippen LogP contribution in [0.4, 0.5) is 0 Å². The SMILES string of the molecule is COc1cc(C)c(Cn2c(Cl)nc3c2c(=O)n(C)c(=O)n3C)cc1OC. The van der Waals surface area contributed by atoms with Crippen LogP contribution in [0.2, 0.25) is 5.28 Å². The number of aromatic nitrogens is 4. The number of rotatable bonds is 4. The molecule has 8 nitrogen and oxygen atoms in total. The molecule has 0 saturated heterocycles. The number of hydrogen-bond donors (Lipinski definition) is 0. The summed E-state index contributed by atoms with van der Waals surface area (Å²) in [5.41, 5.74) is 1.46. The van der Waals surface area contributed by atoms with Crippen molar-refractivity contribution in [1.82, 2.24) is 18.7 Å². The molecular formula is C17H19ClN4O4. The Labute approximate surface area is 154 Å². The van der Waals surface area contributed by atoms with E-state index in [1.165, 1.54) is 11.6 Å².